The molecule has 0 saturated heterocycles. The van der Waals surface area contributed by atoms with Gasteiger partial charge >= 0.3 is 0 Å². The molecule has 0 spiro atoms. The number of aliphatic imine (C=N–C) groups is 1. The second-order valence-corrected chi connectivity index (χ2v) is 5.38. The van der Waals surface area contributed by atoms with Crippen LogP contribution in [0.15, 0.2) is 10.4 Å². The maximum Gasteiger partial charge on any atom is 0.191 e. The maximum absolute atomic E-state index is 4.56. The van der Waals surface area contributed by atoms with Gasteiger partial charge in [0.15, 0.2) is 5.96 Å². The van der Waals surface area contributed by atoms with Crippen molar-refractivity contribution in [2.24, 2.45) is 4.99 Å². The van der Waals surface area contributed by atoms with Crippen LogP contribution in [-0.4, -0.2) is 30.1 Å². The molecule has 0 aliphatic carbocycles. The Labute approximate surface area is 137 Å². The molecule has 6 heteroatoms. The van der Waals surface area contributed by atoms with E-state index in [4.69, 9.17) is 0 Å². The molecule has 0 saturated carbocycles. The first-order valence-electron chi connectivity index (χ1n) is 6.61. The van der Waals surface area contributed by atoms with Gasteiger partial charge in [0.05, 0.1) is 10.7 Å². The first-order chi connectivity index (χ1) is 8.65. The number of nitrogens with zero attached hydrogens (tertiary/aromatic N) is 2. The standard InChI is InChI=1S/C13H24N4S.HI/c1-5-10(3)16-13(14-6-2)15-8-7-12-9-18-11(4)17-12;/h9-10H,5-8H2,1-4H3,(H2,14,15,16);1H. The lowest BCUT2D eigenvalue weighted by Gasteiger charge is -2.15. The van der Waals surface area contributed by atoms with Gasteiger partial charge in [-0.05, 0) is 27.2 Å². The lowest BCUT2D eigenvalue weighted by Crippen LogP contribution is -2.42. The Balaban J connectivity index is 0.00000324. The fourth-order valence-electron chi connectivity index (χ4n) is 1.46. The van der Waals surface area contributed by atoms with E-state index in [0.29, 0.717) is 6.04 Å². The molecule has 19 heavy (non-hydrogen) atoms. The Hall–Kier alpha value is -0.370. The molecule has 0 aromatic carbocycles. The van der Waals surface area contributed by atoms with E-state index in [0.717, 1.165) is 42.6 Å². The SMILES string of the molecule is CCNC(=NCCc1csc(C)n1)NC(C)CC.I. The number of thiazole rings is 1. The third-order valence-corrected chi connectivity index (χ3v) is 3.47. The zero-order valence-electron chi connectivity index (χ0n) is 12.2. The van der Waals surface area contributed by atoms with Crippen LogP contribution in [0.25, 0.3) is 0 Å². The van der Waals surface area contributed by atoms with Crippen LogP contribution in [0.4, 0.5) is 0 Å². The highest BCUT2D eigenvalue weighted by molar-refractivity contribution is 14.0. The molecule has 0 radical (unpaired) electrons. The lowest BCUT2D eigenvalue weighted by atomic mass is 10.3. The third kappa shape index (κ3) is 7.71. The summed E-state index contributed by atoms with van der Waals surface area (Å²) in [5.41, 5.74) is 1.14. The van der Waals surface area contributed by atoms with Gasteiger partial charge in [0.1, 0.15) is 0 Å². The molecule has 1 aromatic heterocycles. The average molecular weight is 396 g/mol. The van der Waals surface area contributed by atoms with E-state index in [1.54, 1.807) is 11.3 Å². The number of hydrogen-bond donors (Lipinski definition) is 2. The molecule has 4 nitrogen and oxygen atoms in total. The minimum Gasteiger partial charge on any atom is -0.357 e. The fraction of sp³-hybridized carbons (Fsp3) is 0.692. The molecule has 0 aliphatic heterocycles. The highest BCUT2D eigenvalue weighted by Gasteiger charge is 2.02. The molecule has 110 valence electrons. The van der Waals surface area contributed by atoms with Gasteiger partial charge < -0.3 is 10.6 Å². The highest BCUT2D eigenvalue weighted by Crippen LogP contribution is 2.08. The van der Waals surface area contributed by atoms with Crippen LogP contribution in [0.1, 0.15) is 37.9 Å². The summed E-state index contributed by atoms with van der Waals surface area (Å²) in [4.78, 5) is 9.00. The van der Waals surface area contributed by atoms with Crippen LogP contribution in [-0.2, 0) is 6.42 Å². The second-order valence-electron chi connectivity index (χ2n) is 4.32. The smallest absolute Gasteiger partial charge is 0.191 e. The average Bonchev–Trinajstić information content (AvgIpc) is 2.75. The number of rotatable bonds is 6. The molecule has 1 unspecified atom stereocenters. The molecule has 1 aromatic rings. The molecule has 2 N–H and O–H groups in total. The van der Waals surface area contributed by atoms with Crippen molar-refractivity contribution >= 4 is 41.3 Å². The zero-order chi connectivity index (χ0) is 13.4. The summed E-state index contributed by atoms with van der Waals surface area (Å²) in [5, 5.41) is 9.88. The van der Waals surface area contributed by atoms with Crippen LogP contribution in [0.2, 0.25) is 0 Å². The summed E-state index contributed by atoms with van der Waals surface area (Å²) >= 11 is 1.70. The van der Waals surface area contributed by atoms with Crippen molar-refractivity contribution in [3.8, 4) is 0 Å². The minimum atomic E-state index is 0. The lowest BCUT2D eigenvalue weighted by molar-refractivity contribution is 0.624. The number of aromatic nitrogens is 1. The van der Waals surface area contributed by atoms with Gasteiger partial charge in [-0.2, -0.15) is 0 Å². The molecule has 1 heterocycles. The predicted molar refractivity (Wildman–Crippen MR) is 94.8 cm³/mol. The normalized spacial score (nSPS) is 12.7. The first-order valence-corrected chi connectivity index (χ1v) is 7.49. The van der Waals surface area contributed by atoms with E-state index < -0.39 is 0 Å². The van der Waals surface area contributed by atoms with Gasteiger partial charge in [0, 0.05) is 30.9 Å². The third-order valence-electron chi connectivity index (χ3n) is 2.64. The summed E-state index contributed by atoms with van der Waals surface area (Å²) in [7, 11) is 0. The van der Waals surface area contributed by atoms with Gasteiger partial charge in [-0.25, -0.2) is 4.98 Å². The van der Waals surface area contributed by atoms with Crippen molar-refractivity contribution in [2.75, 3.05) is 13.1 Å². The predicted octanol–water partition coefficient (Wildman–Crippen LogP) is 2.97. The van der Waals surface area contributed by atoms with Crippen LogP contribution >= 0.6 is 35.3 Å². The van der Waals surface area contributed by atoms with Crippen molar-refractivity contribution in [1.29, 1.82) is 0 Å². The Morgan fingerprint density at radius 3 is 2.74 bits per heavy atom. The van der Waals surface area contributed by atoms with Gasteiger partial charge in [-0.1, -0.05) is 6.92 Å². The number of nitrogens with one attached hydrogen (secondary N) is 2. The van der Waals surface area contributed by atoms with Crippen molar-refractivity contribution < 1.29 is 0 Å². The maximum atomic E-state index is 4.56. The van der Waals surface area contributed by atoms with E-state index in [9.17, 15) is 0 Å². The van der Waals surface area contributed by atoms with E-state index in [1.807, 2.05) is 6.92 Å². The summed E-state index contributed by atoms with van der Waals surface area (Å²) in [6.07, 6.45) is 2.00. The Morgan fingerprint density at radius 2 is 2.21 bits per heavy atom. The molecule has 1 atom stereocenters. The Kier molecular flexibility index (Phi) is 10.2. The van der Waals surface area contributed by atoms with E-state index in [1.165, 1.54) is 0 Å². The summed E-state index contributed by atoms with van der Waals surface area (Å²) in [6.45, 7) is 10.1. The Morgan fingerprint density at radius 1 is 1.47 bits per heavy atom. The summed E-state index contributed by atoms with van der Waals surface area (Å²) in [6, 6.07) is 0.448. The molecule has 1 rings (SSSR count). The molecular weight excluding hydrogens is 371 g/mol. The van der Waals surface area contributed by atoms with Crippen LogP contribution in [0.3, 0.4) is 0 Å². The number of halogens is 1. The van der Waals surface area contributed by atoms with Crippen LogP contribution < -0.4 is 10.6 Å². The van der Waals surface area contributed by atoms with Gasteiger partial charge in [-0.15, -0.1) is 35.3 Å². The van der Waals surface area contributed by atoms with Crippen molar-refractivity contribution in [1.82, 2.24) is 15.6 Å². The molecule has 0 amide bonds. The quantitative estimate of drug-likeness (QED) is 0.442. The van der Waals surface area contributed by atoms with Crippen molar-refractivity contribution in [3.05, 3.63) is 16.1 Å². The van der Waals surface area contributed by atoms with Crippen LogP contribution in [0, 0.1) is 6.92 Å². The van der Waals surface area contributed by atoms with E-state index in [-0.39, 0.29) is 24.0 Å². The van der Waals surface area contributed by atoms with Gasteiger partial charge in [-0.3, -0.25) is 4.99 Å². The number of aryl methyl sites for hydroxylation is 1. The van der Waals surface area contributed by atoms with Crippen molar-refractivity contribution in [2.45, 2.75) is 46.6 Å². The van der Waals surface area contributed by atoms with Gasteiger partial charge in [0.2, 0.25) is 0 Å². The van der Waals surface area contributed by atoms with E-state index in [2.05, 4.69) is 46.8 Å². The molecule has 0 bridgehead atoms. The number of hydrogen-bond acceptors (Lipinski definition) is 3. The summed E-state index contributed by atoms with van der Waals surface area (Å²) < 4.78 is 0. The largest absolute Gasteiger partial charge is 0.357 e. The molecule has 0 aliphatic rings. The molecular formula is C13H25IN4S. The van der Waals surface area contributed by atoms with E-state index >= 15 is 0 Å². The number of guanidine groups is 1. The minimum absolute atomic E-state index is 0. The second kappa shape index (κ2) is 10.4. The summed E-state index contributed by atoms with van der Waals surface area (Å²) in [5.74, 6) is 0.902. The van der Waals surface area contributed by atoms with Crippen LogP contribution in [0.5, 0.6) is 0 Å². The topological polar surface area (TPSA) is 49.3 Å². The molecule has 0 fully saturated rings. The monoisotopic (exact) mass is 396 g/mol. The Bertz CT molecular complexity index is 378. The first kappa shape index (κ1) is 18.6. The zero-order valence-corrected chi connectivity index (χ0v) is 15.3. The highest BCUT2D eigenvalue weighted by atomic mass is 127. The fourth-order valence-corrected chi connectivity index (χ4v) is 2.11. The van der Waals surface area contributed by atoms with Gasteiger partial charge in [0.25, 0.3) is 0 Å². The van der Waals surface area contributed by atoms with Crippen molar-refractivity contribution in [3.63, 3.8) is 0 Å².